The number of nitrogens with zero attached hydrogens (tertiary/aromatic N) is 2. The maximum Gasteiger partial charge on any atom is 0.226 e. The fraction of sp³-hybridized carbons (Fsp3) is 0.556. The van der Waals surface area contributed by atoms with Gasteiger partial charge in [0.25, 0.3) is 0 Å². The van der Waals surface area contributed by atoms with Crippen molar-refractivity contribution in [2.24, 2.45) is 0 Å². The number of carbonyl (C=O) groups is 2. The molecule has 0 radical (unpaired) electrons. The molecule has 0 saturated heterocycles. The number of carbonyl (C=O) groups excluding carboxylic acids is 2. The molecule has 6 nitrogen and oxygen atoms in total. The number of carboxylic acid groups (broad SMARTS) is 1. The number of carboxylic acids is 1. The number of nitrogens with one attached hydrogen (secondary N) is 1. The minimum absolute atomic E-state index is 0.0966. The van der Waals surface area contributed by atoms with Gasteiger partial charge in [-0.2, -0.15) is 0 Å². The van der Waals surface area contributed by atoms with E-state index in [9.17, 15) is 14.7 Å². The Morgan fingerprint density at radius 2 is 2.12 bits per heavy atom. The molecule has 2 rings (SSSR count). The molecule has 7 heteroatoms. The molecule has 16 heavy (non-hydrogen) atoms. The molecule has 0 aromatic carbocycles. The Balaban J connectivity index is 1.83. The van der Waals surface area contributed by atoms with Crippen LogP contribution in [0.4, 0.5) is 5.13 Å². The van der Waals surface area contributed by atoms with Crippen molar-refractivity contribution in [3.05, 3.63) is 5.01 Å². The first-order valence-electron chi connectivity index (χ1n) is 4.98. The quantitative estimate of drug-likeness (QED) is 0.774. The van der Waals surface area contributed by atoms with Crippen LogP contribution in [0.1, 0.15) is 36.6 Å². The second-order valence-electron chi connectivity index (χ2n) is 3.64. The van der Waals surface area contributed by atoms with E-state index in [2.05, 4.69) is 15.5 Å². The monoisotopic (exact) mass is 240 g/mol. The van der Waals surface area contributed by atoms with Crippen molar-refractivity contribution in [3.63, 3.8) is 0 Å². The van der Waals surface area contributed by atoms with Crippen LogP contribution in [0.15, 0.2) is 0 Å². The Hall–Kier alpha value is -1.50. The highest BCUT2D eigenvalue weighted by Gasteiger charge is 2.27. The lowest BCUT2D eigenvalue weighted by Crippen LogP contribution is -2.24. The topological polar surface area (TPSA) is 95.0 Å². The van der Waals surface area contributed by atoms with E-state index in [1.54, 1.807) is 0 Å². The Morgan fingerprint density at radius 3 is 2.75 bits per heavy atom. The second kappa shape index (κ2) is 4.56. The molecule has 0 spiro atoms. The summed E-state index contributed by atoms with van der Waals surface area (Å²) in [7, 11) is 0. The van der Waals surface area contributed by atoms with Crippen LogP contribution in [-0.4, -0.2) is 22.1 Å². The van der Waals surface area contributed by atoms with Gasteiger partial charge < -0.3 is 15.2 Å². The van der Waals surface area contributed by atoms with Gasteiger partial charge in [0.15, 0.2) is 0 Å². The molecule has 1 aromatic heterocycles. The molecule has 1 amide bonds. The maximum absolute atomic E-state index is 11.2. The van der Waals surface area contributed by atoms with Gasteiger partial charge in [-0.15, -0.1) is 10.2 Å². The van der Waals surface area contributed by atoms with Gasteiger partial charge in [0.2, 0.25) is 11.0 Å². The first kappa shape index (κ1) is 11.0. The molecular formula is C9H10N3O3S-. The average molecular weight is 240 g/mol. The fourth-order valence-corrected chi connectivity index (χ4v) is 2.11. The lowest BCUT2D eigenvalue weighted by atomic mass is 10.3. The molecule has 0 atom stereocenters. The highest BCUT2D eigenvalue weighted by molar-refractivity contribution is 7.15. The number of rotatable bonds is 5. The summed E-state index contributed by atoms with van der Waals surface area (Å²) in [5.74, 6) is -1.10. The van der Waals surface area contributed by atoms with E-state index in [0.717, 1.165) is 17.8 Å². The van der Waals surface area contributed by atoms with Gasteiger partial charge in [-0.25, -0.2) is 0 Å². The van der Waals surface area contributed by atoms with Gasteiger partial charge in [-0.05, 0) is 19.3 Å². The van der Waals surface area contributed by atoms with E-state index in [1.165, 1.54) is 11.3 Å². The van der Waals surface area contributed by atoms with Gasteiger partial charge in [0, 0.05) is 18.3 Å². The van der Waals surface area contributed by atoms with Crippen LogP contribution >= 0.6 is 11.3 Å². The Bertz CT molecular complexity index is 414. The summed E-state index contributed by atoms with van der Waals surface area (Å²) < 4.78 is 0. The molecule has 1 aliphatic carbocycles. The summed E-state index contributed by atoms with van der Waals surface area (Å²) in [4.78, 5) is 21.4. The summed E-state index contributed by atoms with van der Waals surface area (Å²) in [6.45, 7) is 0. The lowest BCUT2D eigenvalue weighted by molar-refractivity contribution is -0.305. The number of amides is 1. The highest BCUT2D eigenvalue weighted by Crippen LogP contribution is 2.41. The van der Waals surface area contributed by atoms with Crippen LogP contribution in [0.3, 0.4) is 0 Å². The van der Waals surface area contributed by atoms with Crippen molar-refractivity contribution in [2.75, 3.05) is 5.32 Å². The number of hydrogen-bond donors (Lipinski definition) is 1. The van der Waals surface area contributed by atoms with Crippen molar-refractivity contribution < 1.29 is 14.7 Å². The van der Waals surface area contributed by atoms with Gasteiger partial charge in [-0.1, -0.05) is 11.3 Å². The Kier molecular flexibility index (Phi) is 3.14. The van der Waals surface area contributed by atoms with E-state index in [0.29, 0.717) is 11.0 Å². The summed E-state index contributed by atoms with van der Waals surface area (Å²) in [6, 6.07) is 0. The van der Waals surface area contributed by atoms with Crippen LogP contribution < -0.4 is 10.4 Å². The van der Waals surface area contributed by atoms with E-state index in [4.69, 9.17) is 0 Å². The van der Waals surface area contributed by atoms with Crippen LogP contribution in [0.25, 0.3) is 0 Å². The second-order valence-corrected chi connectivity index (χ2v) is 4.65. The Morgan fingerprint density at radius 1 is 1.38 bits per heavy atom. The molecule has 1 fully saturated rings. The average Bonchev–Trinajstić information content (AvgIpc) is 2.98. The number of aliphatic carboxylic acids is 1. The number of hydrogen-bond acceptors (Lipinski definition) is 6. The fourth-order valence-electron chi connectivity index (χ4n) is 1.18. The molecule has 1 aliphatic rings. The SMILES string of the molecule is O=C([O-])CCC(=O)Nc1nnc(C2CC2)s1. The predicted molar refractivity (Wildman–Crippen MR) is 54.8 cm³/mol. The Labute approximate surface area is 95.7 Å². The van der Waals surface area contributed by atoms with Crippen molar-refractivity contribution >= 4 is 28.3 Å². The van der Waals surface area contributed by atoms with Crippen molar-refractivity contribution in [1.29, 1.82) is 0 Å². The third-order valence-electron chi connectivity index (χ3n) is 2.17. The smallest absolute Gasteiger partial charge is 0.226 e. The molecule has 0 aliphatic heterocycles. The third kappa shape index (κ3) is 2.99. The van der Waals surface area contributed by atoms with Crippen LogP contribution in [-0.2, 0) is 9.59 Å². The molecule has 1 saturated carbocycles. The van der Waals surface area contributed by atoms with E-state index in [-0.39, 0.29) is 18.7 Å². The molecule has 86 valence electrons. The van der Waals surface area contributed by atoms with E-state index < -0.39 is 5.97 Å². The lowest BCUT2D eigenvalue weighted by Gasteiger charge is -2.01. The number of aromatic nitrogens is 2. The van der Waals surface area contributed by atoms with Gasteiger partial charge in [-0.3, -0.25) is 4.79 Å². The molecular weight excluding hydrogens is 230 g/mol. The minimum Gasteiger partial charge on any atom is -0.550 e. The highest BCUT2D eigenvalue weighted by atomic mass is 32.1. The van der Waals surface area contributed by atoms with E-state index in [1.807, 2.05) is 0 Å². The molecule has 0 unspecified atom stereocenters. The van der Waals surface area contributed by atoms with Crippen molar-refractivity contribution in [3.8, 4) is 0 Å². The minimum atomic E-state index is -1.23. The summed E-state index contributed by atoms with van der Waals surface area (Å²) in [6.07, 6.45) is 1.89. The number of anilines is 1. The standard InChI is InChI=1S/C9H11N3O3S/c13-6(3-4-7(14)15)10-9-12-11-8(16-9)5-1-2-5/h5H,1-4H2,(H,14,15)(H,10,12,13)/p-1. The van der Waals surface area contributed by atoms with Gasteiger partial charge >= 0.3 is 0 Å². The molecule has 0 bridgehead atoms. The zero-order chi connectivity index (χ0) is 11.5. The van der Waals surface area contributed by atoms with Crippen LogP contribution in [0, 0.1) is 0 Å². The summed E-state index contributed by atoms with van der Waals surface area (Å²) in [5.41, 5.74) is 0. The molecule has 1 heterocycles. The van der Waals surface area contributed by atoms with Crippen molar-refractivity contribution in [2.45, 2.75) is 31.6 Å². The zero-order valence-corrected chi connectivity index (χ0v) is 9.25. The third-order valence-corrected chi connectivity index (χ3v) is 3.17. The van der Waals surface area contributed by atoms with E-state index >= 15 is 0 Å². The molecule has 1 aromatic rings. The van der Waals surface area contributed by atoms with Gasteiger partial charge in [0.1, 0.15) is 5.01 Å². The first-order valence-corrected chi connectivity index (χ1v) is 5.80. The van der Waals surface area contributed by atoms with Crippen LogP contribution in [0.2, 0.25) is 0 Å². The predicted octanol–water partition coefficient (Wildman–Crippen LogP) is -0.116. The first-order chi connectivity index (χ1) is 7.65. The summed E-state index contributed by atoms with van der Waals surface area (Å²) >= 11 is 1.35. The zero-order valence-electron chi connectivity index (χ0n) is 8.43. The van der Waals surface area contributed by atoms with Crippen molar-refractivity contribution in [1.82, 2.24) is 10.2 Å². The largest absolute Gasteiger partial charge is 0.550 e. The molecule has 1 N–H and O–H groups in total. The van der Waals surface area contributed by atoms with Gasteiger partial charge in [0.05, 0.1) is 0 Å². The maximum atomic E-state index is 11.2. The summed E-state index contributed by atoms with van der Waals surface area (Å²) in [5, 5.41) is 21.8. The normalized spacial score (nSPS) is 14.8. The van der Waals surface area contributed by atoms with Crippen LogP contribution in [0.5, 0.6) is 0 Å².